The van der Waals surface area contributed by atoms with Gasteiger partial charge in [0.2, 0.25) is 0 Å². The highest BCUT2D eigenvalue weighted by Gasteiger charge is 2.30. The van der Waals surface area contributed by atoms with Crippen molar-refractivity contribution >= 4 is 11.8 Å². The van der Waals surface area contributed by atoms with Gasteiger partial charge in [-0.2, -0.15) is 0 Å². The van der Waals surface area contributed by atoms with Gasteiger partial charge >= 0.3 is 0 Å². The minimum Gasteiger partial charge on any atom is -0.497 e. The van der Waals surface area contributed by atoms with Crippen LogP contribution < -0.4 is 4.74 Å². The first kappa shape index (κ1) is 16.8. The fraction of sp³-hybridized carbons (Fsp3) is 0.556. The van der Waals surface area contributed by atoms with Crippen LogP contribution in [-0.4, -0.2) is 67.6 Å². The molecule has 130 valence electrons. The Kier molecular flexibility index (Phi) is 5.35. The fourth-order valence-electron chi connectivity index (χ4n) is 3.23. The van der Waals surface area contributed by atoms with Gasteiger partial charge in [-0.3, -0.25) is 9.59 Å². The maximum atomic E-state index is 12.6. The predicted octanol–water partition coefficient (Wildman–Crippen LogP) is 1.55. The molecule has 0 N–H and O–H groups in total. The van der Waals surface area contributed by atoms with E-state index in [-0.39, 0.29) is 17.9 Å². The van der Waals surface area contributed by atoms with Crippen LogP contribution in [0, 0.1) is 0 Å². The van der Waals surface area contributed by atoms with E-state index in [2.05, 4.69) is 0 Å². The Morgan fingerprint density at radius 1 is 1.04 bits per heavy atom. The van der Waals surface area contributed by atoms with Crippen molar-refractivity contribution in [2.45, 2.75) is 25.4 Å². The van der Waals surface area contributed by atoms with Crippen LogP contribution in [0.3, 0.4) is 0 Å². The molecule has 6 nitrogen and oxygen atoms in total. The van der Waals surface area contributed by atoms with Crippen LogP contribution in [0.25, 0.3) is 0 Å². The quantitative estimate of drug-likeness (QED) is 0.843. The Morgan fingerprint density at radius 3 is 2.42 bits per heavy atom. The SMILES string of the molecule is COc1ccc(C(=O)N2CCCN(C(=O)C3CCCO3)CC2)cc1. The zero-order valence-electron chi connectivity index (χ0n) is 14.1. The molecule has 24 heavy (non-hydrogen) atoms. The molecule has 2 heterocycles. The summed E-state index contributed by atoms with van der Waals surface area (Å²) < 4.78 is 10.6. The minimum atomic E-state index is -0.283. The molecule has 0 aliphatic carbocycles. The molecule has 0 bridgehead atoms. The summed E-state index contributed by atoms with van der Waals surface area (Å²) in [6.45, 7) is 3.15. The molecule has 1 aromatic carbocycles. The maximum Gasteiger partial charge on any atom is 0.253 e. The zero-order valence-corrected chi connectivity index (χ0v) is 14.1. The van der Waals surface area contributed by atoms with Crippen molar-refractivity contribution < 1.29 is 19.1 Å². The van der Waals surface area contributed by atoms with Crippen LogP contribution in [0.5, 0.6) is 5.75 Å². The third-order valence-corrected chi connectivity index (χ3v) is 4.64. The van der Waals surface area contributed by atoms with Crippen molar-refractivity contribution in [1.29, 1.82) is 0 Å². The highest BCUT2D eigenvalue weighted by atomic mass is 16.5. The van der Waals surface area contributed by atoms with E-state index < -0.39 is 0 Å². The van der Waals surface area contributed by atoms with Crippen LogP contribution in [-0.2, 0) is 9.53 Å². The summed E-state index contributed by atoms with van der Waals surface area (Å²) in [5, 5.41) is 0. The molecule has 0 aromatic heterocycles. The molecule has 0 radical (unpaired) electrons. The van der Waals surface area contributed by atoms with Crippen molar-refractivity contribution in [2.24, 2.45) is 0 Å². The number of benzene rings is 1. The van der Waals surface area contributed by atoms with Gasteiger partial charge in [-0.15, -0.1) is 0 Å². The van der Waals surface area contributed by atoms with E-state index in [0.29, 0.717) is 38.3 Å². The molecule has 2 amide bonds. The summed E-state index contributed by atoms with van der Waals surface area (Å²) in [5.41, 5.74) is 0.648. The highest BCUT2D eigenvalue weighted by molar-refractivity contribution is 5.94. The zero-order chi connectivity index (χ0) is 16.9. The molecule has 2 aliphatic heterocycles. The van der Waals surface area contributed by atoms with Crippen molar-refractivity contribution in [3.05, 3.63) is 29.8 Å². The summed E-state index contributed by atoms with van der Waals surface area (Å²) >= 11 is 0. The van der Waals surface area contributed by atoms with Gasteiger partial charge in [0.25, 0.3) is 11.8 Å². The number of nitrogens with zero attached hydrogens (tertiary/aromatic N) is 2. The van der Waals surface area contributed by atoms with E-state index in [0.717, 1.165) is 25.0 Å². The molecule has 1 atom stereocenters. The highest BCUT2D eigenvalue weighted by Crippen LogP contribution is 2.17. The number of rotatable bonds is 3. The molecule has 1 aromatic rings. The van der Waals surface area contributed by atoms with E-state index in [4.69, 9.17) is 9.47 Å². The van der Waals surface area contributed by atoms with Crippen LogP contribution in [0.15, 0.2) is 24.3 Å². The molecular weight excluding hydrogens is 308 g/mol. The van der Waals surface area contributed by atoms with Gasteiger partial charge in [-0.25, -0.2) is 0 Å². The molecule has 0 saturated carbocycles. The lowest BCUT2D eigenvalue weighted by atomic mass is 10.2. The fourth-order valence-corrected chi connectivity index (χ4v) is 3.23. The molecule has 0 spiro atoms. The second kappa shape index (κ2) is 7.66. The molecule has 2 fully saturated rings. The van der Waals surface area contributed by atoms with Crippen LogP contribution in [0.1, 0.15) is 29.6 Å². The second-order valence-electron chi connectivity index (χ2n) is 6.20. The van der Waals surface area contributed by atoms with Gasteiger partial charge in [-0.1, -0.05) is 0 Å². The Labute approximate surface area is 142 Å². The Morgan fingerprint density at radius 2 is 1.75 bits per heavy atom. The summed E-state index contributed by atoms with van der Waals surface area (Å²) in [5.74, 6) is 0.811. The first-order valence-corrected chi connectivity index (χ1v) is 8.53. The molecule has 3 rings (SSSR count). The van der Waals surface area contributed by atoms with Gasteiger partial charge in [-0.05, 0) is 43.5 Å². The van der Waals surface area contributed by atoms with E-state index >= 15 is 0 Å². The van der Waals surface area contributed by atoms with Crippen molar-refractivity contribution in [2.75, 3.05) is 39.9 Å². The smallest absolute Gasteiger partial charge is 0.253 e. The van der Waals surface area contributed by atoms with E-state index in [1.54, 1.807) is 31.4 Å². The Hall–Kier alpha value is -2.08. The monoisotopic (exact) mass is 332 g/mol. The molecular formula is C18H24N2O4. The van der Waals surface area contributed by atoms with Gasteiger partial charge in [0.15, 0.2) is 0 Å². The second-order valence-corrected chi connectivity index (χ2v) is 6.20. The van der Waals surface area contributed by atoms with Crippen LogP contribution in [0.2, 0.25) is 0 Å². The molecule has 6 heteroatoms. The molecule has 2 saturated heterocycles. The van der Waals surface area contributed by atoms with Crippen molar-refractivity contribution in [3.63, 3.8) is 0 Å². The van der Waals surface area contributed by atoms with E-state index in [1.165, 1.54) is 0 Å². The van der Waals surface area contributed by atoms with Crippen LogP contribution >= 0.6 is 0 Å². The van der Waals surface area contributed by atoms with Crippen LogP contribution in [0.4, 0.5) is 0 Å². The van der Waals surface area contributed by atoms with Gasteiger partial charge in [0.1, 0.15) is 11.9 Å². The lowest BCUT2D eigenvalue weighted by Gasteiger charge is -2.24. The Balaban J connectivity index is 1.59. The minimum absolute atomic E-state index is 0.00377. The topological polar surface area (TPSA) is 59.1 Å². The largest absolute Gasteiger partial charge is 0.497 e. The first-order chi connectivity index (χ1) is 11.7. The standard InChI is InChI=1S/C18H24N2O4/c1-23-15-7-5-14(6-8-15)17(21)19-9-3-10-20(12-11-19)18(22)16-4-2-13-24-16/h5-8,16H,2-4,9-13H2,1H3. The predicted molar refractivity (Wildman–Crippen MR) is 89.1 cm³/mol. The number of ether oxygens (including phenoxy) is 2. The summed E-state index contributed by atoms with van der Waals surface area (Å²) in [7, 11) is 1.60. The third kappa shape index (κ3) is 3.70. The summed E-state index contributed by atoms with van der Waals surface area (Å²) in [6, 6.07) is 7.14. The van der Waals surface area contributed by atoms with Crippen molar-refractivity contribution in [3.8, 4) is 5.75 Å². The summed E-state index contributed by atoms with van der Waals surface area (Å²) in [6.07, 6.45) is 2.27. The first-order valence-electron chi connectivity index (χ1n) is 8.53. The number of amides is 2. The number of carbonyl (C=O) groups excluding carboxylic acids is 2. The van der Waals surface area contributed by atoms with E-state index in [1.807, 2.05) is 9.80 Å². The third-order valence-electron chi connectivity index (χ3n) is 4.64. The lowest BCUT2D eigenvalue weighted by molar-refractivity contribution is -0.140. The average molecular weight is 332 g/mol. The van der Waals surface area contributed by atoms with Crippen molar-refractivity contribution in [1.82, 2.24) is 9.80 Å². The average Bonchev–Trinajstić information content (AvgIpc) is 3.05. The maximum absolute atomic E-state index is 12.6. The number of carbonyl (C=O) groups is 2. The van der Waals surface area contributed by atoms with Gasteiger partial charge < -0.3 is 19.3 Å². The molecule has 1 unspecified atom stereocenters. The number of hydrogen-bond acceptors (Lipinski definition) is 4. The number of methoxy groups -OCH3 is 1. The molecule has 2 aliphatic rings. The Bertz CT molecular complexity index is 581. The van der Waals surface area contributed by atoms with Gasteiger partial charge in [0.05, 0.1) is 7.11 Å². The lowest BCUT2D eigenvalue weighted by Crippen LogP contribution is -2.41. The van der Waals surface area contributed by atoms with Gasteiger partial charge in [0, 0.05) is 38.3 Å². The number of hydrogen-bond donors (Lipinski definition) is 0. The van der Waals surface area contributed by atoms with E-state index in [9.17, 15) is 9.59 Å². The summed E-state index contributed by atoms with van der Waals surface area (Å²) in [4.78, 5) is 28.8. The normalized spacial score (nSPS) is 21.5.